The van der Waals surface area contributed by atoms with Crippen molar-refractivity contribution in [3.05, 3.63) is 91.3 Å². The number of aromatic nitrogens is 8. The Hall–Kier alpha value is -4.00. The van der Waals surface area contributed by atoms with E-state index in [4.69, 9.17) is 42.7 Å². The molecule has 0 aliphatic carbocycles. The molecule has 0 radical (unpaired) electrons. The second kappa shape index (κ2) is 16.7. The van der Waals surface area contributed by atoms with Crippen LogP contribution in [-0.4, -0.2) is 82.7 Å². The number of fused-ring (bicyclic) bond motifs is 2. The van der Waals surface area contributed by atoms with Crippen LogP contribution in [0.2, 0.25) is 10.3 Å². The third kappa shape index (κ3) is 9.30. The standard InChI is InChI=1S/C14H10BrClN4O2.C8H7ClN4O2.C6H6BBrO2/c1-2-22-14(21)12-10-7-11(16)17-18-13(10)20(19-12)9-5-3-4-8(15)6-9;1-2-15-8(14)6-4-3-5(9)10-12-7(4)13-11-6;8-6-3-1-2-5(4-6)7(9)10/h3-7H,2H2,1H3;3H,2H2,1H3,(H,11,12,13);1-4,9-10H. The summed E-state index contributed by atoms with van der Waals surface area (Å²) in [7, 11) is -1.38. The van der Waals surface area contributed by atoms with Crippen LogP contribution in [0.1, 0.15) is 34.8 Å². The smallest absolute Gasteiger partial charge is 0.461 e. The van der Waals surface area contributed by atoms with Gasteiger partial charge in [-0.1, -0.05) is 73.3 Å². The van der Waals surface area contributed by atoms with Gasteiger partial charge in [0.1, 0.15) is 0 Å². The highest BCUT2D eigenvalue weighted by molar-refractivity contribution is 9.10. The first-order valence-electron chi connectivity index (χ1n) is 13.5. The lowest BCUT2D eigenvalue weighted by Gasteiger charge is -2.02. The van der Waals surface area contributed by atoms with Crippen molar-refractivity contribution in [2.75, 3.05) is 13.2 Å². The molecule has 0 atom stereocenters. The van der Waals surface area contributed by atoms with Crippen LogP contribution in [0.4, 0.5) is 0 Å². The molecule has 2 aromatic carbocycles. The number of nitrogens with zero attached hydrogens (tertiary/aromatic N) is 7. The molecule has 19 heteroatoms. The second-order valence-electron chi connectivity index (χ2n) is 9.02. The number of hydrogen-bond acceptors (Lipinski definition) is 12. The van der Waals surface area contributed by atoms with Gasteiger partial charge in [0.25, 0.3) is 0 Å². The van der Waals surface area contributed by atoms with Gasteiger partial charge in [-0.15, -0.1) is 20.4 Å². The fourth-order valence-corrected chi connectivity index (χ4v) is 4.95. The summed E-state index contributed by atoms with van der Waals surface area (Å²) in [5.74, 6) is -1.03. The van der Waals surface area contributed by atoms with Crippen molar-refractivity contribution in [3.63, 3.8) is 0 Å². The highest BCUT2D eigenvalue weighted by Crippen LogP contribution is 2.24. The molecule has 4 heterocycles. The van der Waals surface area contributed by atoms with Crippen molar-refractivity contribution in [1.82, 2.24) is 40.4 Å². The first kappa shape index (κ1) is 35.9. The van der Waals surface area contributed by atoms with Crippen LogP contribution < -0.4 is 5.46 Å². The van der Waals surface area contributed by atoms with E-state index in [1.54, 1.807) is 38.1 Å². The number of carbonyl (C=O) groups is 2. The van der Waals surface area contributed by atoms with E-state index in [0.717, 1.165) is 14.6 Å². The molecule has 0 aliphatic heterocycles. The zero-order chi connectivity index (χ0) is 34.1. The summed E-state index contributed by atoms with van der Waals surface area (Å²) in [5, 5.41) is 44.7. The van der Waals surface area contributed by atoms with E-state index >= 15 is 0 Å². The Kier molecular flexibility index (Phi) is 12.7. The van der Waals surface area contributed by atoms with Crippen molar-refractivity contribution in [3.8, 4) is 5.69 Å². The Morgan fingerprint density at radius 3 is 2.02 bits per heavy atom. The maximum atomic E-state index is 12.1. The molecule has 6 aromatic rings. The summed E-state index contributed by atoms with van der Waals surface area (Å²) in [4.78, 5) is 23.5. The van der Waals surface area contributed by atoms with Gasteiger partial charge in [0.05, 0.1) is 29.7 Å². The largest absolute Gasteiger partial charge is 0.488 e. The number of rotatable bonds is 6. The predicted octanol–water partition coefficient (Wildman–Crippen LogP) is 4.72. The van der Waals surface area contributed by atoms with Gasteiger partial charge in [-0.3, -0.25) is 5.10 Å². The van der Waals surface area contributed by atoms with Crippen molar-refractivity contribution >= 4 is 102 Å². The zero-order valence-electron chi connectivity index (χ0n) is 24.4. The van der Waals surface area contributed by atoms with E-state index in [9.17, 15) is 9.59 Å². The molecule has 47 heavy (non-hydrogen) atoms. The minimum atomic E-state index is -1.38. The van der Waals surface area contributed by atoms with E-state index in [0.29, 0.717) is 34.1 Å². The minimum absolute atomic E-state index is 0.161. The van der Waals surface area contributed by atoms with E-state index in [2.05, 4.69) is 67.6 Å². The van der Waals surface area contributed by atoms with Crippen LogP contribution >= 0.6 is 55.1 Å². The van der Waals surface area contributed by atoms with E-state index in [1.807, 2.05) is 30.3 Å². The van der Waals surface area contributed by atoms with Crippen molar-refractivity contribution < 1.29 is 29.1 Å². The first-order chi connectivity index (χ1) is 22.5. The van der Waals surface area contributed by atoms with Gasteiger partial charge in [-0.05, 0) is 61.8 Å². The number of benzene rings is 2. The highest BCUT2D eigenvalue weighted by Gasteiger charge is 2.21. The fourth-order valence-electron chi connectivity index (χ4n) is 3.85. The van der Waals surface area contributed by atoms with Crippen LogP contribution in [0.5, 0.6) is 0 Å². The Balaban J connectivity index is 0.000000173. The van der Waals surface area contributed by atoms with E-state index in [1.165, 1.54) is 10.7 Å². The number of nitrogens with one attached hydrogen (secondary N) is 1. The summed E-state index contributed by atoms with van der Waals surface area (Å²) in [6.45, 7) is 4.01. The SMILES string of the molecule is CCOC(=O)c1n[nH]c2nnc(Cl)cc12.CCOC(=O)c1nn(-c2cccc(Br)c2)c2nnc(Cl)cc12.OB(O)c1cccc(Br)c1. The monoisotopic (exact) mass is 806 g/mol. The van der Waals surface area contributed by atoms with Crippen LogP contribution in [-0.2, 0) is 9.47 Å². The molecule has 3 N–H and O–H groups in total. The van der Waals surface area contributed by atoms with E-state index < -0.39 is 19.1 Å². The predicted molar refractivity (Wildman–Crippen MR) is 182 cm³/mol. The Morgan fingerprint density at radius 2 is 1.43 bits per heavy atom. The number of carbonyl (C=O) groups excluding carboxylic acids is 2. The lowest BCUT2D eigenvalue weighted by molar-refractivity contribution is 0.0512. The number of ether oxygens (including phenoxy) is 2. The summed E-state index contributed by atoms with van der Waals surface area (Å²) >= 11 is 18.2. The number of hydrogen-bond donors (Lipinski definition) is 3. The maximum absolute atomic E-state index is 12.1. The van der Waals surface area contributed by atoms with Crippen molar-refractivity contribution in [2.45, 2.75) is 13.8 Å². The van der Waals surface area contributed by atoms with Crippen molar-refractivity contribution in [2.24, 2.45) is 0 Å². The number of halogens is 4. The quantitative estimate of drug-likeness (QED) is 0.155. The molecule has 14 nitrogen and oxygen atoms in total. The fraction of sp³-hybridized carbons (Fsp3) is 0.143. The molecule has 6 rings (SSSR count). The minimum Gasteiger partial charge on any atom is -0.461 e. The number of H-pyrrole nitrogens is 1. The second-order valence-corrected chi connectivity index (χ2v) is 11.6. The molecule has 4 aromatic heterocycles. The lowest BCUT2D eigenvalue weighted by Crippen LogP contribution is -2.29. The first-order valence-corrected chi connectivity index (χ1v) is 15.9. The van der Waals surface area contributed by atoms with Gasteiger partial charge in [-0.2, -0.15) is 10.2 Å². The van der Waals surface area contributed by atoms with Gasteiger partial charge in [0, 0.05) is 8.95 Å². The normalized spacial score (nSPS) is 10.5. The van der Waals surface area contributed by atoms with Crippen LogP contribution in [0.3, 0.4) is 0 Å². The molecular weight excluding hydrogens is 786 g/mol. The third-order valence-corrected chi connectivity index (χ3v) is 7.19. The molecule has 0 unspecified atom stereocenters. The van der Waals surface area contributed by atoms with Gasteiger partial charge in [-0.25, -0.2) is 14.3 Å². The lowest BCUT2D eigenvalue weighted by atomic mass is 9.81. The summed E-state index contributed by atoms with van der Waals surface area (Å²) in [5.41, 5.74) is 2.41. The Morgan fingerprint density at radius 1 is 0.830 bits per heavy atom. The van der Waals surface area contributed by atoms with Gasteiger partial charge in [0.2, 0.25) is 0 Å². The molecule has 0 fully saturated rings. The zero-order valence-corrected chi connectivity index (χ0v) is 29.1. The highest BCUT2D eigenvalue weighted by atomic mass is 79.9. The maximum Gasteiger partial charge on any atom is 0.488 e. The van der Waals surface area contributed by atoms with Crippen LogP contribution in [0.15, 0.2) is 69.6 Å². The van der Waals surface area contributed by atoms with E-state index in [-0.39, 0.29) is 28.3 Å². The number of esters is 2. The summed E-state index contributed by atoms with van der Waals surface area (Å²) in [6, 6.07) is 17.4. The Bertz CT molecular complexity index is 2030. The summed E-state index contributed by atoms with van der Waals surface area (Å²) < 4.78 is 13.1. The van der Waals surface area contributed by atoms with Gasteiger partial charge >= 0.3 is 19.1 Å². The number of aromatic amines is 1. The third-order valence-electron chi connectivity index (χ3n) is 5.83. The molecule has 0 bridgehead atoms. The van der Waals surface area contributed by atoms with Gasteiger partial charge < -0.3 is 19.5 Å². The Labute approximate surface area is 293 Å². The average molecular weight is 809 g/mol. The molecule has 0 amide bonds. The van der Waals surface area contributed by atoms with Crippen LogP contribution in [0, 0.1) is 0 Å². The molecular formula is C28H23BBr2Cl2N8O6. The molecule has 0 saturated heterocycles. The summed E-state index contributed by atoms with van der Waals surface area (Å²) in [6.07, 6.45) is 0. The molecule has 0 spiro atoms. The average Bonchev–Trinajstić information content (AvgIpc) is 3.63. The van der Waals surface area contributed by atoms with Crippen LogP contribution in [0.25, 0.3) is 27.8 Å². The topological polar surface area (TPSA) is 191 Å². The van der Waals surface area contributed by atoms with Gasteiger partial charge in [0.15, 0.2) is 33.0 Å². The molecule has 0 saturated carbocycles. The molecule has 0 aliphatic rings. The molecule has 242 valence electrons. The van der Waals surface area contributed by atoms with Crippen molar-refractivity contribution in [1.29, 1.82) is 0 Å².